The Morgan fingerprint density at radius 3 is 0.870 bits per heavy atom. The maximum atomic E-state index is 13.1. The molecule has 2 unspecified atom stereocenters. The number of carbonyl (C=O) groups is 4. The van der Waals surface area contributed by atoms with Gasteiger partial charge in [0.25, 0.3) is 0 Å². The van der Waals surface area contributed by atoms with E-state index in [0.717, 1.165) is 148 Å². The van der Waals surface area contributed by atoms with Gasteiger partial charge in [0.2, 0.25) is 0 Å². The van der Waals surface area contributed by atoms with Crippen LogP contribution in [0.1, 0.15) is 323 Å². The van der Waals surface area contributed by atoms with Crippen LogP contribution in [0.5, 0.6) is 0 Å². The smallest absolute Gasteiger partial charge is 0.462 e. The van der Waals surface area contributed by atoms with Crippen molar-refractivity contribution in [3.8, 4) is 0 Å². The molecule has 0 bridgehead atoms. The molecule has 19 heteroatoms. The Bertz CT molecular complexity index is 2320. The SMILES string of the molecule is CC/C=C\C/C=C\C/C=C\C/C=C\C/C=C\C/C=C\CCC(=O)O[C@H](COC(=O)CCCCCCC/C=C\CCCCCC)COP(=O)(O)OC[C@H](O)COP(=O)(O)OC[C@@H](COC(=O)CCCCCCC/C=C\CCCCCCCC)OC(=O)CCCCCCC/C=C\CCCCCC. The van der Waals surface area contributed by atoms with E-state index >= 15 is 0 Å². The van der Waals surface area contributed by atoms with Gasteiger partial charge >= 0.3 is 39.5 Å². The number of hydrogen-bond donors (Lipinski definition) is 3. The molecular formula is C81H140O17P2. The molecule has 0 rings (SSSR count). The highest BCUT2D eigenvalue weighted by atomic mass is 31.2. The molecule has 5 atom stereocenters. The second-order valence-electron chi connectivity index (χ2n) is 25.9. The number of phosphoric ester groups is 2. The van der Waals surface area contributed by atoms with Crippen LogP contribution in [0.25, 0.3) is 0 Å². The molecule has 0 heterocycles. The van der Waals surface area contributed by atoms with Crippen LogP contribution in [-0.2, 0) is 65.4 Å². The summed E-state index contributed by atoms with van der Waals surface area (Å²) in [5.41, 5.74) is 0. The van der Waals surface area contributed by atoms with Crippen LogP contribution in [-0.4, -0.2) is 96.7 Å². The van der Waals surface area contributed by atoms with Crippen LogP contribution in [0.3, 0.4) is 0 Å². The molecule has 0 aromatic heterocycles. The number of unbranched alkanes of at least 4 members (excludes halogenated alkanes) is 29. The van der Waals surface area contributed by atoms with Crippen molar-refractivity contribution < 1.29 is 80.2 Å². The van der Waals surface area contributed by atoms with Gasteiger partial charge < -0.3 is 33.8 Å². The Kier molecular flexibility index (Phi) is 69.9. The molecule has 0 aliphatic carbocycles. The molecule has 0 radical (unpaired) electrons. The lowest BCUT2D eigenvalue weighted by atomic mass is 10.1. The standard InChI is InChI=1S/C81H140O17P2/c1-5-9-13-17-21-25-29-33-35-36-37-38-40-44-48-52-56-60-64-68-81(86)98-77(71-91-78(83)65-61-57-53-49-45-41-31-27-23-19-15-11-7-3)74-96-100(89,90)94-70-75(82)69-93-99(87,88)95-73-76(97-80(85)67-63-59-55-51-47-42-32-28-24-20-16-12-8-4)72-92-79(84)66-62-58-54-50-46-43-39-34-30-26-22-18-14-10-6-2/h9,13,21,25,27-28,31-35,37-39,44,48,56,60,75-77,82H,5-8,10-12,14-20,22-24,26,29-30,36,40-43,45-47,49-55,57-59,61-74H2,1-4H3,(H,87,88)(H,89,90)/b13-9-,25-21-,31-27-,32-28-,35-33-,38-37-,39-34-,48-44-,60-56-/t75-,76-,77-/m1/s1. The first-order valence-corrected chi connectivity index (χ1v) is 42.1. The summed E-state index contributed by atoms with van der Waals surface area (Å²) in [5, 5.41) is 10.6. The van der Waals surface area contributed by atoms with Gasteiger partial charge in [-0.2, -0.15) is 0 Å². The molecule has 17 nitrogen and oxygen atoms in total. The van der Waals surface area contributed by atoms with Gasteiger partial charge in [-0.25, -0.2) is 9.13 Å². The lowest BCUT2D eigenvalue weighted by molar-refractivity contribution is -0.161. The Morgan fingerprint density at radius 2 is 0.540 bits per heavy atom. The van der Waals surface area contributed by atoms with Crippen LogP contribution >= 0.6 is 15.6 Å². The number of ether oxygens (including phenoxy) is 4. The minimum absolute atomic E-state index is 0.0328. The lowest BCUT2D eigenvalue weighted by Gasteiger charge is -2.21. The molecular weight excluding hydrogens is 1310 g/mol. The lowest BCUT2D eigenvalue weighted by Crippen LogP contribution is -2.30. The topological polar surface area (TPSA) is 237 Å². The molecule has 0 aliphatic rings. The Balaban J connectivity index is 5.42. The van der Waals surface area contributed by atoms with Gasteiger partial charge in [0.15, 0.2) is 12.2 Å². The van der Waals surface area contributed by atoms with Crippen molar-refractivity contribution in [1.29, 1.82) is 0 Å². The number of phosphoric acid groups is 2. The number of hydrogen-bond acceptors (Lipinski definition) is 15. The molecule has 0 saturated heterocycles. The normalized spacial score (nSPS) is 14.5. The van der Waals surface area contributed by atoms with Crippen LogP contribution < -0.4 is 0 Å². The summed E-state index contributed by atoms with van der Waals surface area (Å²) in [4.78, 5) is 72.8. The first kappa shape index (κ1) is 95.7. The summed E-state index contributed by atoms with van der Waals surface area (Å²) in [5.74, 6) is -2.29. The molecule has 100 heavy (non-hydrogen) atoms. The fraction of sp³-hybridized carbons (Fsp3) is 0.728. The monoisotopic (exact) mass is 1450 g/mol. The summed E-state index contributed by atoms with van der Waals surface area (Å²) < 4.78 is 68.4. The quantitative estimate of drug-likeness (QED) is 0.0169. The van der Waals surface area contributed by atoms with Gasteiger partial charge in [-0.15, -0.1) is 0 Å². The van der Waals surface area contributed by atoms with Crippen molar-refractivity contribution in [2.45, 2.75) is 341 Å². The molecule has 0 aromatic carbocycles. The van der Waals surface area contributed by atoms with Crippen molar-refractivity contribution in [3.05, 3.63) is 109 Å². The maximum Gasteiger partial charge on any atom is 0.472 e. The van der Waals surface area contributed by atoms with Gasteiger partial charge in [-0.3, -0.25) is 37.3 Å². The van der Waals surface area contributed by atoms with Gasteiger partial charge in [0.05, 0.1) is 26.4 Å². The molecule has 576 valence electrons. The predicted octanol–water partition coefficient (Wildman–Crippen LogP) is 22.6. The third kappa shape index (κ3) is 72.1. The molecule has 0 aliphatic heterocycles. The Labute approximate surface area is 607 Å². The highest BCUT2D eigenvalue weighted by Crippen LogP contribution is 2.45. The van der Waals surface area contributed by atoms with Crippen molar-refractivity contribution >= 4 is 39.5 Å². The average molecular weight is 1450 g/mol. The zero-order valence-corrected chi connectivity index (χ0v) is 64.6. The van der Waals surface area contributed by atoms with Crippen LogP contribution in [0, 0.1) is 0 Å². The summed E-state index contributed by atoms with van der Waals surface area (Å²) in [6, 6.07) is 0. The van der Waals surface area contributed by atoms with Crippen LogP contribution in [0.15, 0.2) is 109 Å². The first-order valence-electron chi connectivity index (χ1n) is 39.1. The van der Waals surface area contributed by atoms with Crippen LogP contribution in [0.2, 0.25) is 0 Å². The maximum absolute atomic E-state index is 13.1. The third-order valence-electron chi connectivity index (χ3n) is 16.2. The summed E-state index contributed by atoms with van der Waals surface area (Å²) in [6.45, 7) is 4.63. The minimum Gasteiger partial charge on any atom is -0.462 e. The van der Waals surface area contributed by atoms with Crippen molar-refractivity contribution in [2.75, 3.05) is 39.6 Å². The number of aliphatic hydroxyl groups is 1. The molecule has 3 N–H and O–H groups in total. The zero-order valence-electron chi connectivity index (χ0n) is 62.8. The van der Waals surface area contributed by atoms with E-state index in [0.29, 0.717) is 32.1 Å². The zero-order chi connectivity index (χ0) is 73.2. The van der Waals surface area contributed by atoms with E-state index in [2.05, 4.69) is 119 Å². The predicted molar refractivity (Wildman–Crippen MR) is 408 cm³/mol. The highest BCUT2D eigenvalue weighted by Gasteiger charge is 2.30. The fourth-order valence-electron chi connectivity index (χ4n) is 10.2. The van der Waals surface area contributed by atoms with Crippen molar-refractivity contribution in [3.63, 3.8) is 0 Å². The number of aliphatic hydroxyl groups excluding tert-OH is 1. The van der Waals surface area contributed by atoms with Crippen LogP contribution in [0.4, 0.5) is 0 Å². The highest BCUT2D eigenvalue weighted by molar-refractivity contribution is 7.47. The largest absolute Gasteiger partial charge is 0.472 e. The van der Waals surface area contributed by atoms with Gasteiger partial charge in [0, 0.05) is 25.7 Å². The van der Waals surface area contributed by atoms with Gasteiger partial charge in [-0.1, -0.05) is 265 Å². The summed E-state index contributed by atoms with van der Waals surface area (Å²) in [7, 11) is -9.98. The average Bonchev–Trinajstić information content (AvgIpc) is 0.929. The molecule has 0 saturated carbocycles. The van der Waals surface area contributed by atoms with Gasteiger partial charge in [0.1, 0.15) is 19.3 Å². The van der Waals surface area contributed by atoms with E-state index in [4.69, 9.17) is 37.0 Å². The first-order chi connectivity index (χ1) is 48.7. The van der Waals surface area contributed by atoms with E-state index in [1.54, 1.807) is 0 Å². The van der Waals surface area contributed by atoms with Crippen molar-refractivity contribution in [2.24, 2.45) is 0 Å². The summed E-state index contributed by atoms with van der Waals surface area (Å²) in [6.07, 6.45) is 78.0. The molecule has 0 spiro atoms. The number of esters is 4. The Hall–Kier alpha value is -4.28. The number of allylic oxidation sites excluding steroid dienone is 18. The second kappa shape index (κ2) is 73.0. The van der Waals surface area contributed by atoms with Gasteiger partial charge in [-0.05, 0) is 141 Å². The van der Waals surface area contributed by atoms with E-state index in [1.807, 2.05) is 18.2 Å². The number of rotatable bonds is 73. The van der Waals surface area contributed by atoms with Crippen molar-refractivity contribution in [1.82, 2.24) is 0 Å². The minimum atomic E-state index is -5.00. The molecule has 0 aromatic rings. The summed E-state index contributed by atoms with van der Waals surface area (Å²) >= 11 is 0. The molecule has 0 amide bonds. The van der Waals surface area contributed by atoms with E-state index in [-0.39, 0.29) is 25.7 Å². The van der Waals surface area contributed by atoms with E-state index in [9.17, 15) is 43.2 Å². The molecule has 0 fully saturated rings. The number of carbonyl (C=O) groups excluding carboxylic acids is 4. The Morgan fingerprint density at radius 1 is 0.290 bits per heavy atom. The van der Waals surface area contributed by atoms with E-state index in [1.165, 1.54) is 89.9 Å². The third-order valence-corrected chi connectivity index (χ3v) is 18.1. The second-order valence-corrected chi connectivity index (χ2v) is 28.8. The fourth-order valence-corrected chi connectivity index (χ4v) is 11.8. The van der Waals surface area contributed by atoms with E-state index < -0.39 is 97.5 Å².